The summed E-state index contributed by atoms with van der Waals surface area (Å²) in [6.45, 7) is 1.43. The highest BCUT2D eigenvalue weighted by Gasteiger charge is 2.24. The van der Waals surface area contributed by atoms with E-state index in [1.807, 2.05) is 17.0 Å². The number of benzene rings is 2. The normalized spacial score (nSPS) is 20.1. The fourth-order valence-corrected chi connectivity index (χ4v) is 3.43. The standard InChI is InChI=1S/C16H18N2OS/c17-15-11-20-8-7-18(16(15)19)10-12-5-6-13-3-1-2-4-14(13)9-12/h1-6,9,15H,7-8,10-11,17H2. The molecule has 104 valence electrons. The van der Waals surface area contributed by atoms with Crippen LogP contribution in [0.4, 0.5) is 0 Å². The van der Waals surface area contributed by atoms with Crippen LogP contribution in [0.3, 0.4) is 0 Å². The Labute approximate surface area is 123 Å². The highest BCUT2D eigenvalue weighted by molar-refractivity contribution is 7.99. The summed E-state index contributed by atoms with van der Waals surface area (Å²) in [6.07, 6.45) is 0. The predicted molar refractivity (Wildman–Crippen MR) is 84.7 cm³/mol. The predicted octanol–water partition coefficient (Wildman–Crippen LogP) is 2.24. The van der Waals surface area contributed by atoms with Crippen LogP contribution in [0.25, 0.3) is 10.8 Å². The summed E-state index contributed by atoms with van der Waals surface area (Å²) < 4.78 is 0. The second kappa shape index (κ2) is 5.85. The second-order valence-corrected chi connectivity index (χ2v) is 6.27. The van der Waals surface area contributed by atoms with Gasteiger partial charge in [-0.2, -0.15) is 11.8 Å². The first kappa shape index (κ1) is 13.5. The summed E-state index contributed by atoms with van der Waals surface area (Å²) in [6, 6.07) is 14.3. The molecular formula is C16H18N2OS. The number of rotatable bonds is 2. The van der Waals surface area contributed by atoms with E-state index < -0.39 is 0 Å². The average Bonchev–Trinajstić information content (AvgIpc) is 2.63. The fraction of sp³-hybridized carbons (Fsp3) is 0.312. The van der Waals surface area contributed by atoms with Crippen molar-refractivity contribution in [2.75, 3.05) is 18.1 Å². The minimum atomic E-state index is -0.358. The van der Waals surface area contributed by atoms with E-state index in [4.69, 9.17) is 5.73 Å². The first-order valence-electron chi connectivity index (χ1n) is 6.84. The van der Waals surface area contributed by atoms with E-state index in [-0.39, 0.29) is 11.9 Å². The summed E-state index contributed by atoms with van der Waals surface area (Å²) in [5.41, 5.74) is 7.06. The maximum Gasteiger partial charge on any atom is 0.240 e. The third kappa shape index (κ3) is 2.81. The number of carbonyl (C=O) groups is 1. The molecule has 1 fully saturated rings. The van der Waals surface area contributed by atoms with Crippen molar-refractivity contribution in [2.24, 2.45) is 5.73 Å². The van der Waals surface area contributed by atoms with E-state index in [9.17, 15) is 4.79 Å². The Balaban J connectivity index is 1.82. The summed E-state index contributed by atoms with van der Waals surface area (Å²) in [5, 5.41) is 2.44. The third-order valence-corrected chi connectivity index (χ3v) is 4.69. The van der Waals surface area contributed by atoms with Crippen molar-refractivity contribution in [2.45, 2.75) is 12.6 Å². The highest BCUT2D eigenvalue weighted by atomic mass is 32.2. The Morgan fingerprint density at radius 2 is 2.00 bits per heavy atom. The van der Waals surface area contributed by atoms with E-state index in [1.165, 1.54) is 10.8 Å². The molecule has 0 saturated carbocycles. The van der Waals surface area contributed by atoms with Gasteiger partial charge in [0.05, 0.1) is 6.04 Å². The van der Waals surface area contributed by atoms with Crippen molar-refractivity contribution < 1.29 is 4.79 Å². The maximum absolute atomic E-state index is 12.2. The van der Waals surface area contributed by atoms with Crippen LogP contribution in [0, 0.1) is 0 Å². The monoisotopic (exact) mass is 286 g/mol. The molecule has 0 radical (unpaired) electrons. The minimum absolute atomic E-state index is 0.0724. The lowest BCUT2D eigenvalue weighted by molar-refractivity contribution is -0.132. The van der Waals surface area contributed by atoms with Gasteiger partial charge >= 0.3 is 0 Å². The van der Waals surface area contributed by atoms with Crippen molar-refractivity contribution in [1.82, 2.24) is 4.90 Å². The van der Waals surface area contributed by atoms with Crippen LogP contribution in [0.2, 0.25) is 0 Å². The molecule has 1 heterocycles. The first-order valence-corrected chi connectivity index (χ1v) is 7.99. The van der Waals surface area contributed by atoms with E-state index in [0.29, 0.717) is 6.54 Å². The molecule has 2 aromatic rings. The molecule has 1 aliphatic heterocycles. The molecule has 2 aromatic carbocycles. The lowest BCUT2D eigenvalue weighted by atomic mass is 10.1. The Bertz CT molecular complexity index is 629. The molecule has 20 heavy (non-hydrogen) atoms. The van der Waals surface area contributed by atoms with Gasteiger partial charge in [-0.25, -0.2) is 0 Å². The van der Waals surface area contributed by atoms with E-state index in [0.717, 1.165) is 23.6 Å². The number of carbonyl (C=O) groups excluding carboxylic acids is 1. The van der Waals surface area contributed by atoms with Crippen molar-refractivity contribution >= 4 is 28.4 Å². The Kier molecular flexibility index (Phi) is 3.94. The van der Waals surface area contributed by atoms with Crippen LogP contribution >= 0.6 is 11.8 Å². The molecule has 0 aromatic heterocycles. The van der Waals surface area contributed by atoms with E-state index in [1.54, 1.807) is 11.8 Å². The smallest absolute Gasteiger partial charge is 0.240 e. The van der Waals surface area contributed by atoms with Crippen LogP contribution in [0.15, 0.2) is 42.5 Å². The van der Waals surface area contributed by atoms with Gasteiger partial charge in [-0.1, -0.05) is 36.4 Å². The molecule has 0 bridgehead atoms. The third-order valence-electron chi connectivity index (χ3n) is 3.62. The zero-order valence-corrected chi connectivity index (χ0v) is 12.1. The summed E-state index contributed by atoms with van der Waals surface area (Å²) in [7, 11) is 0. The molecule has 1 saturated heterocycles. The van der Waals surface area contributed by atoms with Gasteiger partial charge in [-0.3, -0.25) is 4.79 Å². The van der Waals surface area contributed by atoms with Crippen molar-refractivity contribution in [3.05, 3.63) is 48.0 Å². The van der Waals surface area contributed by atoms with Gasteiger partial charge in [0.25, 0.3) is 0 Å². The number of amides is 1. The fourth-order valence-electron chi connectivity index (χ4n) is 2.52. The summed E-state index contributed by atoms with van der Waals surface area (Å²) in [5.74, 6) is 1.77. The lowest BCUT2D eigenvalue weighted by Crippen LogP contribution is -2.43. The minimum Gasteiger partial charge on any atom is -0.336 e. The highest BCUT2D eigenvalue weighted by Crippen LogP contribution is 2.18. The van der Waals surface area contributed by atoms with E-state index in [2.05, 4.69) is 30.3 Å². The molecule has 0 aliphatic carbocycles. The molecule has 3 nitrogen and oxygen atoms in total. The van der Waals surface area contributed by atoms with Gasteiger partial charge in [0.1, 0.15) is 0 Å². The molecular weight excluding hydrogens is 268 g/mol. The number of thioether (sulfide) groups is 1. The molecule has 1 amide bonds. The SMILES string of the molecule is NC1CSCCN(Cc2ccc3ccccc3c2)C1=O. The number of hydrogen-bond donors (Lipinski definition) is 1. The van der Waals surface area contributed by atoms with Gasteiger partial charge in [-0.05, 0) is 22.4 Å². The molecule has 2 N–H and O–H groups in total. The Hall–Kier alpha value is -1.52. The van der Waals surface area contributed by atoms with Crippen molar-refractivity contribution in [1.29, 1.82) is 0 Å². The Morgan fingerprint density at radius 1 is 1.20 bits per heavy atom. The van der Waals surface area contributed by atoms with Gasteiger partial charge in [0.15, 0.2) is 0 Å². The van der Waals surface area contributed by atoms with Gasteiger partial charge < -0.3 is 10.6 Å². The van der Waals surface area contributed by atoms with Crippen LogP contribution in [0.5, 0.6) is 0 Å². The van der Waals surface area contributed by atoms with Gasteiger partial charge in [0.2, 0.25) is 5.91 Å². The quantitative estimate of drug-likeness (QED) is 0.921. The number of nitrogens with zero attached hydrogens (tertiary/aromatic N) is 1. The van der Waals surface area contributed by atoms with Crippen molar-refractivity contribution in [3.8, 4) is 0 Å². The summed E-state index contributed by atoms with van der Waals surface area (Å²) in [4.78, 5) is 14.1. The van der Waals surface area contributed by atoms with Crippen LogP contribution < -0.4 is 5.73 Å². The van der Waals surface area contributed by atoms with E-state index >= 15 is 0 Å². The maximum atomic E-state index is 12.2. The van der Waals surface area contributed by atoms with Gasteiger partial charge in [0, 0.05) is 24.6 Å². The molecule has 3 rings (SSSR count). The van der Waals surface area contributed by atoms with Crippen LogP contribution in [-0.2, 0) is 11.3 Å². The molecule has 1 unspecified atom stereocenters. The van der Waals surface area contributed by atoms with Crippen LogP contribution in [-0.4, -0.2) is 34.9 Å². The molecule has 1 atom stereocenters. The zero-order chi connectivity index (χ0) is 13.9. The molecule has 0 spiro atoms. The van der Waals surface area contributed by atoms with Crippen LogP contribution in [0.1, 0.15) is 5.56 Å². The number of hydrogen-bond acceptors (Lipinski definition) is 3. The second-order valence-electron chi connectivity index (χ2n) is 5.12. The van der Waals surface area contributed by atoms with Gasteiger partial charge in [-0.15, -0.1) is 0 Å². The zero-order valence-electron chi connectivity index (χ0n) is 11.3. The molecule has 1 aliphatic rings. The average molecular weight is 286 g/mol. The molecule has 4 heteroatoms. The Morgan fingerprint density at radius 3 is 2.85 bits per heavy atom. The largest absolute Gasteiger partial charge is 0.336 e. The first-order chi connectivity index (χ1) is 9.74. The summed E-state index contributed by atoms with van der Waals surface area (Å²) >= 11 is 1.76. The topological polar surface area (TPSA) is 46.3 Å². The number of nitrogens with two attached hydrogens (primary N) is 1. The lowest BCUT2D eigenvalue weighted by Gasteiger charge is -2.22. The van der Waals surface area contributed by atoms with Crippen molar-refractivity contribution in [3.63, 3.8) is 0 Å². The number of fused-ring (bicyclic) bond motifs is 1.